The summed E-state index contributed by atoms with van der Waals surface area (Å²) in [5.74, 6) is 0.971. The lowest BCUT2D eigenvalue weighted by Crippen LogP contribution is -2.47. The van der Waals surface area contributed by atoms with Gasteiger partial charge in [-0.05, 0) is 31.9 Å². The van der Waals surface area contributed by atoms with Gasteiger partial charge in [0.2, 0.25) is 5.91 Å². The van der Waals surface area contributed by atoms with E-state index >= 15 is 0 Å². The third-order valence-corrected chi connectivity index (χ3v) is 3.33. The lowest BCUT2D eigenvalue weighted by atomic mass is 10.0. The second-order valence-corrected chi connectivity index (χ2v) is 4.89. The molecule has 0 radical (unpaired) electrons. The Hall–Kier alpha value is -1.71. The van der Waals surface area contributed by atoms with Crippen LogP contribution < -0.4 is 15.0 Å². The highest BCUT2D eigenvalue weighted by molar-refractivity contribution is 5.73. The molecule has 1 amide bonds. The standard InChI is InChI=1S/C15H22N2O2/c1-3-19-15-9-5-4-8-14(15)17-10-6-7-13(11-17)16-12(2)18/h4-5,8-9,13H,3,6-7,10-11H2,1-2H3,(H,16,18). The molecule has 4 heteroatoms. The average molecular weight is 262 g/mol. The molecule has 104 valence electrons. The summed E-state index contributed by atoms with van der Waals surface area (Å²) in [5, 5.41) is 3.01. The Labute approximate surface area is 114 Å². The average Bonchev–Trinajstić information content (AvgIpc) is 2.39. The summed E-state index contributed by atoms with van der Waals surface area (Å²) in [6.07, 6.45) is 2.14. The molecule has 4 nitrogen and oxygen atoms in total. The summed E-state index contributed by atoms with van der Waals surface area (Å²) in [6, 6.07) is 8.34. The van der Waals surface area contributed by atoms with Gasteiger partial charge in [0.25, 0.3) is 0 Å². The Morgan fingerprint density at radius 2 is 2.26 bits per heavy atom. The molecule has 1 aliphatic rings. The smallest absolute Gasteiger partial charge is 0.217 e. The van der Waals surface area contributed by atoms with E-state index in [-0.39, 0.29) is 11.9 Å². The molecule has 1 aromatic rings. The number of nitrogens with one attached hydrogen (secondary N) is 1. The summed E-state index contributed by atoms with van der Waals surface area (Å²) in [5.41, 5.74) is 1.12. The second kappa shape index (κ2) is 6.45. The van der Waals surface area contributed by atoms with Crippen LogP contribution >= 0.6 is 0 Å². The maximum absolute atomic E-state index is 11.2. The zero-order valence-electron chi connectivity index (χ0n) is 11.7. The van der Waals surface area contributed by atoms with Gasteiger partial charge < -0.3 is 15.0 Å². The van der Waals surface area contributed by atoms with Crippen LogP contribution in [-0.2, 0) is 4.79 Å². The van der Waals surface area contributed by atoms with Crippen LogP contribution in [0.2, 0.25) is 0 Å². The third-order valence-electron chi connectivity index (χ3n) is 3.33. The number of nitrogens with zero attached hydrogens (tertiary/aromatic N) is 1. The van der Waals surface area contributed by atoms with Crippen LogP contribution in [0.25, 0.3) is 0 Å². The molecule has 1 unspecified atom stereocenters. The Bertz CT molecular complexity index is 434. The van der Waals surface area contributed by atoms with E-state index in [2.05, 4.69) is 16.3 Å². The molecule has 0 saturated carbocycles. The molecule has 1 atom stereocenters. The summed E-state index contributed by atoms with van der Waals surface area (Å²) in [7, 11) is 0. The molecule has 0 aliphatic carbocycles. The van der Waals surface area contributed by atoms with Crippen molar-refractivity contribution in [2.24, 2.45) is 0 Å². The van der Waals surface area contributed by atoms with Gasteiger partial charge in [-0.1, -0.05) is 12.1 Å². The SMILES string of the molecule is CCOc1ccccc1N1CCCC(NC(C)=O)C1. The van der Waals surface area contributed by atoms with Gasteiger partial charge in [-0.3, -0.25) is 4.79 Å². The quantitative estimate of drug-likeness (QED) is 0.904. The fraction of sp³-hybridized carbons (Fsp3) is 0.533. The van der Waals surface area contributed by atoms with Crippen LogP contribution in [0.1, 0.15) is 26.7 Å². The monoisotopic (exact) mass is 262 g/mol. The number of hydrogen-bond acceptors (Lipinski definition) is 3. The molecule has 1 aliphatic heterocycles. The van der Waals surface area contributed by atoms with Crippen molar-refractivity contribution in [2.75, 3.05) is 24.6 Å². The number of anilines is 1. The van der Waals surface area contributed by atoms with Crippen LogP contribution in [-0.4, -0.2) is 31.6 Å². The fourth-order valence-corrected chi connectivity index (χ4v) is 2.60. The molecule has 2 rings (SSSR count). The van der Waals surface area contributed by atoms with E-state index in [4.69, 9.17) is 4.74 Å². The van der Waals surface area contributed by atoms with Crippen molar-refractivity contribution in [3.63, 3.8) is 0 Å². The van der Waals surface area contributed by atoms with Crippen molar-refractivity contribution in [3.05, 3.63) is 24.3 Å². The van der Waals surface area contributed by atoms with E-state index < -0.39 is 0 Å². The van der Waals surface area contributed by atoms with Gasteiger partial charge in [0.1, 0.15) is 5.75 Å². The maximum Gasteiger partial charge on any atom is 0.217 e. The minimum absolute atomic E-state index is 0.0462. The van der Waals surface area contributed by atoms with E-state index in [1.165, 1.54) is 0 Å². The van der Waals surface area contributed by atoms with Crippen LogP contribution in [0, 0.1) is 0 Å². The van der Waals surface area contributed by atoms with Crippen molar-refractivity contribution in [2.45, 2.75) is 32.7 Å². The van der Waals surface area contributed by atoms with Crippen molar-refractivity contribution < 1.29 is 9.53 Å². The number of carbonyl (C=O) groups is 1. The number of piperidine rings is 1. The van der Waals surface area contributed by atoms with Gasteiger partial charge >= 0.3 is 0 Å². The van der Waals surface area contributed by atoms with Crippen molar-refractivity contribution in [1.29, 1.82) is 0 Å². The minimum atomic E-state index is 0.0462. The molecule has 0 aromatic heterocycles. The third kappa shape index (κ3) is 3.63. The number of rotatable bonds is 4. The van der Waals surface area contributed by atoms with Crippen LogP contribution in [0.5, 0.6) is 5.75 Å². The molecule has 1 saturated heterocycles. The van der Waals surface area contributed by atoms with Gasteiger partial charge in [-0.25, -0.2) is 0 Å². The predicted molar refractivity (Wildman–Crippen MR) is 76.7 cm³/mol. The predicted octanol–water partition coefficient (Wildman–Crippen LogP) is 2.19. The zero-order chi connectivity index (χ0) is 13.7. The zero-order valence-corrected chi connectivity index (χ0v) is 11.7. The fourth-order valence-electron chi connectivity index (χ4n) is 2.60. The van der Waals surface area contributed by atoms with Gasteiger partial charge in [0.05, 0.1) is 12.3 Å². The Kier molecular flexibility index (Phi) is 4.66. The van der Waals surface area contributed by atoms with E-state index in [0.29, 0.717) is 6.61 Å². The normalized spacial score (nSPS) is 19.1. The highest BCUT2D eigenvalue weighted by atomic mass is 16.5. The number of benzene rings is 1. The number of amides is 1. The molecule has 0 bridgehead atoms. The lowest BCUT2D eigenvalue weighted by Gasteiger charge is -2.35. The highest BCUT2D eigenvalue weighted by Crippen LogP contribution is 2.30. The van der Waals surface area contributed by atoms with Crippen molar-refractivity contribution in [1.82, 2.24) is 5.32 Å². The molecule has 0 spiro atoms. The van der Waals surface area contributed by atoms with Crippen LogP contribution in [0.15, 0.2) is 24.3 Å². The van der Waals surface area contributed by atoms with Gasteiger partial charge in [-0.15, -0.1) is 0 Å². The summed E-state index contributed by atoms with van der Waals surface area (Å²) >= 11 is 0. The Morgan fingerprint density at radius 1 is 1.47 bits per heavy atom. The van der Waals surface area contributed by atoms with Gasteiger partial charge in [0, 0.05) is 26.1 Å². The minimum Gasteiger partial charge on any atom is -0.492 e. The molecule has 1 heterocycles. The van der Waals surface area contributed by atoms with Crippen molar-refractivity contribution in [3.8, 4) is 5.75 Å². The first-order valence-corrected chi connectivity index (χ1v) is 6.94. The first-order chi connectivity index (χ1) is 9.20. The molecule has 1 fully saturated rings. The molecular formula is C15H22N2O2. The second-order valence-electron chi connectivity index (χ2n) is 4.89. The van der Waals surface area contributed by atoms with Gasteiger partial charge in [0.15, 0.2) is 0 Å². The van der Waals surface area contributed by atoms with Gasteiger partial charge in [-0.2, -0.15) is 0 Å². The first-order valence-electron chi connectivity index (χ1n) is 6.94. The number of carbonyl (C=O) groups excluding carboxylic acids is 1. The van der Waals surface area contributed by atoms with Crippen molar-refractivity contribution >= 4 is 11.6 Å². The summed E-state index contributed by atoms with van der Waals surface area (Å²) in [6.45, 7) is 6.10. The highest BCUT2D eigenvalue weighted by Gasteiger charge is 2.22. The Balaban J connectivity index is 2.10. The molecule has 1 N–H and O–H groups in total. The Morgan fingerprint density at radius 3 is 3.00 bits per heavy atom. The van der Waals surface area contributed by atoms with Crippen LogP contribution in [0.4, 0.5) is 5.69 Å². The number of hydrogen-bond donors (Lipinski definition) is 1. The summed E-state index contributed by atoms with van der Waals surface area (Å²) < 4.78 is 5.68. The van der Waals surface area contributed by atoms with E-state index in [1.54, 1.807) is 6.92 Å². The van der Waals surface area contributed by atoms with E-state index in [0.717, 1.165) is 37.4 Å². The largest absolute Gasteiger partial charge is 0.492 e. The maximum atomic E-state index is 11.2. The molecule has 1 aromatic carbocycles. The van der Waals surface area contributed by atoms with E-state index in [1.807, 2.05) is 25.1 Å². The topological polar surface area (TPSA) is 41.6 Å². The van der Waals surface area contributed by atoms with Crippen LogP contribution in [0.3, 0.4) is 0 Å². The molecule has 19 heavy (non-hydrogen) atoms. The summed E-state index contributed by atoms with van der Waals surface area (Å²) in [4.78, 5) is 13.5. The number of para-hydroxylation sites is 2. The molecular weight excluding hydrogens is 240 g/mol. The lowest BCUT2D eigenvalue weighted by molar-refractivity contribution is -0.119. The van der Waals surface area contributed by atoms with E-state index in [9.17, 15) is 4.79 Å². The first kappa shape index (κ1) is 13.7. The number of ether oxygens (including phenoxy) is 1.